The molecule has 0 fully saturated rings. The van der Waals surface area contributed by atoms with Crippen molar-refractivity contribution in [1.29, 1.82) is 0 Å². The number of aryl methyl sites for hydroxylation is 1. The molecule has 1 atom stereocenters. The van der Waals surface area contributed by atoms with E-state index >= 15 is 0 Å². The minimum Gasteiger partial charge on any atom is -0.506 e. The van der Waals surface area contributed by atoms with Crippen molar-refractivity contribution in [3.05, 3.63) is 23.8 Å². The molecule has 4 nitrogen and oxygen atoms in total. The Bertz CT molecular complexity index is 389. The summed E-state index contributed by atoms with van der Waals surface area (Å²) in [6, 6.07) is 4.99. The van der Waals surface area contributed by atoms with Crippen LogP contribution in [0.3, 0.4) is 0 Å². The van der Waals surface area contributed by atoms with Gasteiger partial charge in [-0.2, -0.15) is 0 Å². The molecule has 0 saturated heterocycles. The molecule has 15 heavy (non-hydrogen) atoms. The fraction of sp³-hybridized carbons (Fsp3) is 0.364. The summed E-state index contributed by atoms with van der Waals surface area (Å²) in [5, 5.41) is 12.6. The summed E-state index contributed by atoms with van der Waals surface area (Å²) in [7, 11) is 1.37. The van der Waals surface area contributed by atoms with Gasteiger partial charge in [-0.25, -0.2) is 4.79 Å². The second-order valence-corrected chi connectivity index (χ2v) is 3.57. The third kappa shape index (κ3) is 1.75. The van der Waals surface area contributed by atoms with Gasteiger partial charge in [-0.3, -0.25) is 0 Å². The maximum atomic E-state index is 11.3. The quantitative estimate of drug-likeness (QED) is 0.538. The molecular weight excluding hydrogens is 194 g/mol. The lowest BCUT2D eigenvalue weighted by atomic mass is 9.98. The van der Waals surface area contributed by atoms with E-state index < -0.39 is 0 Å². The molecule has 1 aromatic rings. The van der Waals surface area contributed by atoms with E-state index in [2.05, 4.69) is 10.1 Å². The van der Waals surface area contributed by atoms with Crippen LogP contribution in [0.1, 0.15) is 12.0 Å². The fourth-order valence-electron chi connectivity index (χ4n) is 1.83. The highest BCUT2D eigenvalue weighted by atomic mass is 16.5. The van der Waals surface area contributed by atoms with E-state index in [9.17, 15) is 9.90 Å². The molecule has 4 heteroatoms. The van der Waals surface area contributed by atoms with Gasteiger partial charge in [0.15, 0.2) is 0 Å². The Hall–Kier alpha value is -1.71. The van der Waals surface area contributed by atoms with Gasteiger partial charge in [0.1, 0.15) is 11.8 Å². The first-order chi connectivity index (χ1) is 7.22. The van der Waals surface area contributed by atoms with Crippen LogP contribution in [0.25, 0.3) is 0 Å². The van der Waals surface area contributed by atoms with Crippen molar-refractivity contribution in [1.82, 2.24) is 0 Å². The summed E-state index contributed by atoms with van der Waals surface area (Å²) < 4.78 is 4.66. The molecule has 0 radical (unpaired) electrons. The number of phenols is 1. The van der Waals surface area contributed by atoms with E-state index in [1.54, 1.807) is 12.1 Å². The van der Waals surface area contributed by atoms with Crippen LogP contribution in [0.15, 0.2) is 18.2 Å². The largest absolute Gasteiger partial charge is 0.506 e. The number of esters is 1. The highest BCUT2D eigenvalue weighted by Gasteiger charge is 2.25. The number of para-hydroxylation sites is 1. The molecule has 80 valence electrons. The molecule has 0 spiro atoms. The van der Waals surface area contributed by atoms with Crippen LogP contribution in [0.2, 0.25) is 0 Å². The third-order valence-corrected chi connectivity index (χ3v) is 2.64. The van der Waals surface area contributed by atoms with Crippen LogP contribution >= 0.6 is 0 Å². The number of phenolic OH excluding ortho intramolecular Hbond substituents is 1. The van der Waals surface area contributed by atoms with E-state index in [1.165, 1.54) is 7.11 Å². The monoisotopic (exact) mass is 207 g/mol. The lowest BCUT2D eigenvalue weighted by Gasteiger charge is -2.25. The predicted octanol–water partition coefficient (Wildman–Crippen LogP) is 1.29. The lowest BCUT2D eigenvalue weighted by Crippen LogP contribution is -2.34. The Morgan fingerprint density at radius 3 is 3.13 bits per heavy atom. The number of rotatable bonds is 1. The second kappa shape index (κ2) is 3.81. The SMILES string of the molecule is COC(=O)C1CCc2cccc(O)c2N1. The molecular formula is C11H13NO3. The summed E-state index contributed by atoms with van der Waals surface area (Å²) in [5.41, 5.74) is 1.69. The Labute approximate surface area is 87.9 Å². The van der Waals surface area contributed by atoms with Crippen molar-refractivity contribution in [2.24, 2.45) is 0 Å². The van der Waals surface area contributed by atoms with Gasteiger partial charge in [0.2, 0.25) is 0 Å². The summed E-state index contributed by atoms with van der Waals surface area (Å²) in [6.45, 7) is 0. The predicted molar refractivity (Wildman–Crippen MR) is 55.9 cm³/mol. The Morgan fingerprint density at radius 2 is 2.40 bits per heavy atom. The number of nitrogens with one attached hydrogen (secondary N) is 1. The molecule has 0 aromatic heterocycles. The number of benzene rings is 1. The zero-order chi connectivity index (χ0) is 10.8. The van der Waals surface area contributed by atoms with E-state index in [0.717, 1.165) is 12.0 Å². The van der Waals surface area contributed by atoms with E-state index in [0.29, 0.717) is 12.1 Å². The molecule has 2 rings (SSSR count). The average molecular weight is 207 g/mol. The van der Waals surface area contributed by atoms with E-state index in [-0.39, 0.29) is 17.8 Å². The molecule has 1 unspecified atom stereocenters. The van der Waals surface area contributed by atoms with E-state index in [1.807, 2.05) is 6.07 Å². The molecule has 0 amide bonds. The number of hydrogen-bond donors (Lipinski definition) is 2. The molecule has 1 aromatic carbocycles. The van der Waals surface area contributed by atoms with Gasteiger partial charge in [-0.05, 0) is 24.5 Å². The van der Waals surface area contributed by atoms with Crippen LogP contribution in [0, 0.1) is 0 Å². The minimum absolute atomic E-state index is 0.182. The average Bonchev–Trinajstić information content (AvgIpc) is 2.28. The van der Waals surface area contributed by atoms with Gasteiger partial charge in [0.05, 0.1) is 12.8 Å². The summed E-state index contributed by atoms with van der Waals surface area (Å²) >= 11 is 0. The van der Waals surface area contributed by atoms with Gasteiger partial charge in [0.25, 0.3) is 0 Å². The lowest BCUT2D eigenvalue weighted by molar-refractivity contribution is -0.141. The van der Waals surface area contributed by atoms with Crippen LogP contribution in [-0.4, -0.2) is 24.2 Å². The smallest absolute Gasteiger partial charge is 0.328 e. The highest BCUT2D eigenvalue weighted by molar-refractivity contribution is 5.81. The number of ether oxygens (including phenoxy) is 1. The second-order valence-electron chi connectivity index (χ2n) is 3.57. The Balaban J connectivity index is 2.26. The first kappa shape index (κ1) is 9.83. The highest BCUT2D eigenvalue weighted by Crippen LogP contribution is 2.32. The molecule has 1 heterocycles. The molecule has 0 saturated carbocycles. The maximum Gasteiger partial charge on any atom is 0.328 e. The van der Waals surface area contributed by atoms with Gasteiger partial charge >= 0.3 is 5.97 Å². The van der Waals surface area contributed by atoms with Crippen LogP contribution in [0.4, 0.5) is 5.69 Å². The van der Waals surface area contributed by atoms with Crippen molar-refractivity contribution in [2.45, 2.75) is 18.9 Å². The van der Waals surface area contributed by atoms with Crippen molar-refractivity contribution >= 4 is 11.7 Å². The summed E-state index contributed by atoms with van der Waals surface area (Å²) in [4.78, 5) is 11.3. The number of carbonyl (C=O) groups is 1. The van der Waals surface area contributed by atoms with E-state index in [4.69, 9.17) is 0 Å². The molecule has 0 aliphatic carbocycles. The normalized spacial score (nSPS) is 18.9. The van der Waals surface area contributed by atoms with Crippen molar-refractivity contribution in [3.63, 3.8) is 0 Å². The summed E-state index contributed by atoms with van der Waals surface area (Å²) in [6.07, 6.45) is 1.47. The van der Waals surface area contributed by atoms with Crippen molar-refractivity contribution in [3.8, 4) is 5.75 Å². The first-order valence-electron chi connectivity index (χ1n) is 4.87. The molecule has 0 bridgehead atoms. The zero-order valence-electron chi connectivity index (χ0n) is 8.49. The first-order valence-corrected chi connectivity index (χ1v) is 4.87. The fourth-order valence-corrected chi connectivity index (χ4v) is 1.83. The van der Waals surface area contributed by atoms with Crippen molar-refractivity contribution in [2.75, 3.05) is 12.4 Å². The van der Waals surface area contributed by atoms with Crippen LogP contribution < -0.4 is 5.32 Å². The minimum atomic E-state index is -0.351. The number of hydrogen-bond acceptors (Lipinski definition) is 4. The summed E-state index contributed by atoms with van der Waals surface area (Å²) in [5.74, 6) is -0.106. The topological polar surface area (TPSA) is 58.6 Å². The zero-order valence-corrected chi connectivity index (χ0v) is 8.49. The van der Waals surface area contributed by atoms with Gasteiger partial charge in [0, 0.05) is 0 Å². The molecule has 2 N–H and O–H groups in total. The number of carbonyl (C=O) groups excluding carboxylic acids is 1. The van der Waals surface area contributed by atoms with Crippen LogP contribution in [-0.2, 0) is 16.0 Å². The number of methoxy groups -OCH3 is 1. The third-order valence-electron chi connectivity index (χ3n) is 2.64. The van der Waals surface area contributed by atoms with Gasteiger partial charge in [-0.15, -0.1) is 0 Å². The van der Waals surface area contributed by atoms with Crippen molar-refractivity contribution < 1.29 is 14.6 Å². The number of fused-ring (bicyclic) bond motifs is 1. The number of aromatic hydroxyl groups is 1. The van der Waals surface area contributed by atoms with Gasteiger partial charge in [-0.1, -0.05) is 12.1 Å². The maximum absolute atomic E-state index is 11.3. The Kier molecular flexibility index (Phi) is 2.49. The van der Waals surface area contributed by atoms with Crippen LogP contribution in [0.5, 0.6) is 5.75 Å². The Morgan fingerprint density at radius 1 is 1.60 bits per heavy atom. The number of anilines is 1. The van der Waals surface area contributed by atoms with Gasteiger partial charge < -0.3 is 15.2 Å². The standard InChI is InChI=1S/C11H13NO3/c1-15-11(14)8-6-5-7-3-2-4-9(13)10(7)12-8/h2-4,8,12-13H,5-6H2,1H3. The molecule has 1 aliphatic rings. The molecule has 1 aliphatic heterocycles.